The summed E-state index contributed by atoms with van der Waals surface area (Å²) in [4.78, 5) is 32.2. The van der Waals surface area contributed by atoms with Crippen molar-refractivity contribution in [2.24, 2.45) is 11.1 Å². The SMILES string of the molecule is NN=O.Nc1ccccc1C(=O)C(=O)c1ccccc1. The highest BCUT2D eigenvalue weighted by molar-refractivity contribution is 6.50. The number of carbonyl (C=O) groups excluding carboxylic acids is 2. The number of carbonyl (C=O) groups is 2. The summed E-state index contributed by atoms with van der Waals surface area (Å²) in [6.45, 7) is 0. The zero-order valence-electron chi connectivity index (χ0n) is 10.5. The molecular formula is C14H13N3O3. The summed E-state index contributed by atoms with van der Waals surface area (Å²) >= 11 is 0. The molecule has 20 heavy (non-hydrogen) atoms. The Morgan fingerprint density at radius 2 is 1.35 bits per heavy atom. The van der Waals surface area contributed by atoms with Crippen LogP contribution >= 0.6 is 0 Å². The van der Waals surface area contributed by atoms with Crippen LogP contribution in [0.4, 0.5) is 5.69 Å². The van der Waals surface area contributed by atoms with Gasteiger partial charge in [0.25, 0.3) is 0 Å². The number of nitrogens with zero attached hydrogens (tertiary/aromatic N) is 1. The van der Waals surface area contributed by atoms with Crippen LogP contribution in [0.15, 0.2) is 59.9 Å². The molecule has 0 aromatic heterocycles. The molecule has 0 spiro atoms. The number of nitrogen functional groups attached to an aromatic ring is 1. The minimum absolute atomic E-state index is 0.251. The zero-order valence-corrected chi connectivity index (χ0v) is 10.5. The summed E-state index contributed by atoms with van der Waals surface area (Å²) in [6, 6.07) is 15.0. The molecule has 6 heteroatoms. The number of benzene rings is 2. The number of nitroso groups, excluding NO2 is 1. The van der Waals surface area contributed by atoms with Crippen molar-refractivity contribution >= 4 is 17.3 Å². The van der Waals surface area contributed by atoms with Gasteiger partial charge in [-0.1, -0.05) is 42.5 Å². The Kier molecular flexibility index (Phi) is 5.58. The molecule has 102 valence electrons. The molecule has 0 fully saturated rings. The molecule has 0 atom stereocenters. The van der Waals surface area contributed by atoms with Crippen LogP contribution in [-0.2, 0) is 0 Å². The Hall–Kier alpha value is -3.02. The fraction of sp³-hybridized carbons (Fsp3) is 0. The number of anilines is 1. The predicted octanol–water partition coefficient (Wildman–Crippen LogP) is 1.96. The van der Waals surface area contributed by atoms with E-state index in [1.165, 1.54) is 0 Å². The normalized spacial score (nSPS) is 9.00. The zero-order chi connectivity index (χ0) is 15.0. The van der Waals surface area contributed by atoms with Crippen molar-refractivity contribution in [3.05, 3.63) is 70.6 Å². The molecule has 6 nitrogen and oxygen atoms in total. The van der Waals surface area contributed by atoms with Crippen LogP contribution in [-0.4, -0.2) is 11.6 Å². The number of rotatable bonds is 3. The van der Waals surface area contributed by atoms with Crippen LogP contribution in [0.2, 0.25) is 0 Å². The molecule has 0 heterocycles. The monoisotopic (exact) mass is 271 g/mol. The van der Waals surface area contributed by atoms with Crippen molar-refractivity contribution in [1.29, 1.82) is 0 Å². The molecular weight excluding hydrogens is 258 g/mol. The average molecular weight is 271 g/mol. The Labute approximate surface area is 115 Å². The summed E-state index contributed by atoms with van der Waals surface area (Å²) in [5.41, 5.74) is 6.61. The molecule has 0 aliphatic carbocycles. The first-order valence-corrected chi connectivity index (χ1v) is 5.63. The Bertz CT molecular complexity index is 612. The number of nitrogens with two attached hydrogens (primary N) is 2. The van der Waals surface area contributed by atoms with Gasteiger partial charge in [0.1, 0.15) is 0 Å². The molecule has 0 saturated heterocycles. The van der Waals surface area contributed by atoms with E-state index < -0.39 is 11.6 Å². The highest BCUT2D eigenvalue weighted by atomic mass is 16.3. The second-order valence-electron chi connectivity index (χ2n) is 3.72. The summed E-state index contributed by atoms with van der Waals surface area (Å²) in [7, 11) is 0. The van der Waals surface area contributed by atoms with E-state index in [0.717, 1.165) is 0 Å². The third kappa shape index (κ3) is 3.74. The van der Waals surface area contributed by atoms with E-state index in [2.05, 4.69) is 5.84 Å². The van der Waals surface area contributed by atoms with Gasteiger partial charge in [-0.2, -0.15) is 0 Å². The first-order valence-electron chi connectivity index (χ1n) is 5.63. The Morgan fingerprint density at radius 1 is 0.850 bits per heavy atom. The van der Waals surface area contributed by atoms with Gasteiger partial charge in [0.05, 0.1) is 0 Å². The standard InChI is InChI=1S/C14H11NO2.H2N2O/c15-12-9-5-4-8-11(12)14(17)13(16)10-6-2-1-3-7-10;1-2-3/h1-9H,15H2;(H2,1,3). The quantitative estimate of drug-likeness (QED) is 0.221. The van der Waals surface area contributed by atoms with Gasteiger partial charge in [0, 0.05) is 22.1 Å². The molecule has 0 aliphatic rings. The van der Waals surface area contributed by atoms with Crippen molar-refractivity contribution in [1.82, 2.24) is 0 Å². The molecule has 2 rings (SSSR count). The second-order valence-corrected chi connectivity index (χ2v) is 3.72. The molecule has 0 amide bonds. The van der Waals surface area contributed by atoms with E-state index in [1.54, 1.807) is 59.9 Å². The van der Waals surface area contributed by atoms with Crippen LogP contribution in [0, 0.1) is 4.91 Å². The van der Waals surface area contributed by atoms with Crippen LogP contribution in [0.1, 0.15) is 20.7 Å². The molecule has 0 aliphatic heterocycles. The van der Waals surface area contributed by atoms with E-state index in [1.807, 2.05) is 0 Å². The van der Waals surface area contributed by atoms with Crippen molar-refractivity contribution in [2.45, 2.75) is 0 Å². The summed E-state index contributed by atoms with van der Waals surface area (Å²) < 4.78 is 0. The average Bonchev–Trinajstić information content (AvgIpc) is 2.48. The molecule has 2 aromatic carbocycles. The summed E-state index contributed by atoms with van der Waals surface area (Å²) in [5, 5.41) is 1.75. The maximum atomic E-state index is 11.9. The number of para-hydroxylation sites is 1. The number of hydrogen-bond donors (Lipinski definition) is 2. The van der Waals surface area contributed by atoms with Crippen molar-refractivity contribution in [2.75, 3.05) is 5.73 Å². The van der Waals surface area contributed by atoms with Crippen LogP contribution in [0.5, 0.6) is 0 Å². The lowest BCUT2D eigenvalue weighted by atomic mass is 10.0. The van der Waals surface area contributed by atoms with E-state index in [-0.39, 0.29) is 5.56 Å². The minimum Gasteiger partial charge on any atom is -0.398 e. The molecule has 4 N–H and O–H groups in total. The maximum absolute atomic E-state index is 11.9. The van der Waals surface area contributed by atoms with Gasteiger partial charge in [0.2, 0.25) is 11.6 Å². The van der Waals surface area contributed by atoms with E-state index in [0.29, 0.717) is 11.3 Å². The van der Waals surface area contributed by atoms with Crippen molar-refractivity contribution in [3.8, 4) is 0 Å². The van der Waals surface area contributed by atoms with Gasteiger partial charge in [-0.05, 0) is 12.1 Å². The minimum atomic E-state index is -0.575. The van der Waals surface area contributed by atoms with E-state index >= 15 is 0 Å². The first kappa shape index (κ1) is 15.0. The summed E-state index contributed by atoms with van der Waals surface area (Å²) in [5.74, 6) is 2.80. The summed E-state index contributed by atoms with van der Waals surface area (Å²) in [6.07, 6.45) is 0. The molecule has 0 radical (unpaired) electrons. The van der Waals surface area contributed by atoms with Crippen LogP contribution in [0.25, 0.3) is 0 Å². The van der Waals surface area contributed by atoms with Gasteiger partial charge in [-0.3, -0.25) is 15.4 Å². The number of ketones is 2. The lowest BCUT2D eigenvalue weighted by Crippen LogP contribution is -2.15. The van der Waals surface area contributed by atoms with Gasteiger partial charge in [0.15, 0.2) is 0 Å². The fourth-order valence-electron chi connectivity index (χ4n) is 1.55. The lowest BCUT2D eigenvalue weighted by molar-refractivity contribution is 0.0817. The Morgan fingerprint density at radius 3 is 1.90 bits per heavy atom. The molecule has 0 bridgehead atoms. The van der Waals surface area contributed by atoms with Crippen molar-refractivity contribution in [3.63, 3.8) is 0 Å². The fourth-order valence-corrected chi connectivity index (χ4v) is 1.55. The highest BCUT2D eigenvalue weighted by Crippen LogP contribution is 2.14. The third-order valence-electron chi connectivity index (χ3n) is 2.45. The van der Waals surface area contributed by atoms with Crippen LogP contribution in [0.3, 0.4) is 0 Å². The third-order valence-corrected chi connectivity index (χ3v) is 2.45. The lowest BCUT2D eigenvalue weighted by Gasteiger charge is -2.03. The maximum Gasteiger partial charge on any atom is 0.235 e. The van der Waals surface area contributed by atoms with Gasteiger partial charge in [-0.15, -0.1) is 4.91 Å². The number of hydrogen-bond acceptors (Lipinski definition) is 5. The van der Waals surface area contributed by atoms with E-state index in [4.69, 9.17) is 10.6 Å². The van der Waals surface area contributed by atoms with Gasteiger partial charge in [-0.25, -0.2) is 0 Å². The second kappa shape index (κ2) is 7.42. The molecule has 0 saturated carbocycles. The van der Waals surface area contributed by atoms with Gasteiger partial charge >= 0.3 is 0 Å². The Balaban J connectivity index is 0.000000612. The topological polar surface area (TPSA) is 116 Å². The predicted molar refractivity (Wildman–Crippen MR) is 75.9 cm³/mol. The van der Waals surface area contributed by atoms with Crippen LogP contribution < -0.4 is 11.6 Å². The largest absolute Gasteiger partial charge is 0.398 e. The highest BCUT2D eigenvalue weighted by Gasteiger charge is 2.19. The van der Waals surface area contributed by atoms with Gasteiger partial charge < -0.3 is 5.73 Å². The molecule has 0 unspecified atom stereocenters. The molecule has 2 aromatic rings. The van der Waals surface area contributed by atoms with E-state index in [9.17, 15) is 9.59 Å². The number of Topliss-reactive ketones (excluding diaryl/α,β-unsaturated/α-hetero) is 2. The van der Waals surface area contributed by atoms with Crippen molar-refractivity contribution < 1.29 is 9.59 Å². The smallest absolute Gasteiger partial charge is 0.235 e. The first-order chi connectivity index (χ1) is 9.61.